The minimum atomic E-state index is -1.43. The van der Waals surface area contributed by atoms with Crippen LogP contribution in [0.3, 0.4) is 0 Å². The topological polar surface area (TPSA) is 280 Å². The van der Waals surface area contributed by atoms with Gasteiger partial charge in [-0.1, -0.05) is 18.2 Å². The third kappa shape index (κ3) is 9.03. The zero-order valence-electron chi connectivity index (χ0n) is 22.7. The number of nitrogens with zero attached hydrogens (tertiary/aromatic N) is 2. The van der Waals surface area contributed by atoms with E-state index in [0.29, 0.717) is 17.7 Å². The molecule has 0 saturated carbocycles. The highest BCUT2D eigenvalue weighted by molar-refractivity contribution is 5.95. The lowest BCUT2D eigenvalue weighted by atomic mass is 10.0. The molecular formula is C26H36N10O6. The number of carbonyl (C=O) groups excluding carboxylic acids is 3. The Morgan fingerprint density at radius 2 is 1.64 bits per heavy atom. The van der Waals surface area contributed by atoms with E-state index in [-0.39, 0.29) is 31.8 Å². The Morgan fingerprint density at radius 1 is 0.952 bits per heavy atom. The first-order valence-electron chi connectivity index (χ1n) is 13.2. The van der Waals surface area contributed by atoms with Gasteiger partial charge in [0.2, 0.25) is 17.7 Å². The van der Waals surface area contributed by atoms with E-state index >= 15 is 0 Å². The van der Waals surface area contributed by atoms with Crippen LogP contribution in [0.4, 0.5) is 0 Å². The molecule has 0 aliphatic heterocycles. The van der Waals surface area contributed by atoms with Crippen molar-refractivity contribution in [2.75, 3.05) is 13.2 Å². The number of aromatic nitrogens is 3. The van der Waals surface area contributed by atoms with Crippen molar-refractivity contribution in [2.45, 2.75) is 49.9 Å². The van der Waals surface area contributed by atoms with Gasteiger partial charge in [0.1, 0.15) is 18.1 Å². The average molecular weight is 585 g/mol. The first-order chi connectivity index (χ1) is 20.1. The molecular weight excluding hydrogens is 548 g/mol. The van der Waals surface area contributed by atoms with Crippen molar-refractivity contribution in [3.8, 4) is 0 Å². The van der Waals surface area contributed by atoms with Crippen LogP contribution in [0.15, 0.2) is 48.0 Å². The third-order valence-electron chi connectivity index (χ3n) is 6.45. The summed E-state index contributed by atoms with van der Waals surface area (Å²) in [5.41, 5.74) is 18.4. The van der Waals surface area contributed by atoms with Gasteiger partial charge in [-0.05, 0) is 24.5 Å². The smallest absolute Gasteiger partial charge is 0.326 e. The Labute approximate surface area is 240 Å². The summed E-state index contributed by atoms with van der Waals surface area (Å²) in [5, 5.41) is 27.8. The quantitative estimate of drug-likeness (QED) is 0.0483. The van der Waals surface area contributed by atoms with Crippen molar-refractivity contribution in [3.63, 3.8) is 0 Å². The van der Waals surface area contributed by atoms with E-state index in [1.54, 1.807) is 6.20 Å². The van der Waals surface area contributed by atoms with Gasteiger partial charge in [0.25, 0.3) is 0 Å². The minimum absolute atomic E-state index is 0.0195. The molecule has 0 fully saturated rings. The van der Waals surface area contributed by atoms with Gasteiger partial charge in [0.15, 0.2) is 5.96 Å². The molecule has 0 bridgehead atoms. The number of fused-ring (bicyclic) bond motifs is 1. The van der Waals surface area contributed by atoms with Gasteiger partial charge in [-0.15, -0.1) is 0 Å². The molecule has 0 aliphatic rings. The second-order valence-corrected chi connectivity index (χ2v) is 9.60. The van der Waals surface area contributed by atoms with Gasteiger partial charge in [-0.2, -0.15) is 0 Å². The Bertz CT molecular complexity index is 1390. The number of nitrogens with two attached hydrogens (primary N) is 3. The summed E-state index contributed by atoms with van der Waals surface area (Å²) in [5.74, 6) is -3.72. The lowest BCUT2D eigenvalue weighted by molar-refractivity contribution is -0.142. The fourth-order valence-corrected chi connectivity index (χ4v) is 4.21. The Hall–Kier alpha value is -4.96. The molecule has 0 aliphatic carbocycles. The van der Waals surface area contributed by atoms with E-state index in [4.69, 9.17) is 17.2 Å². The number of carboxylic acids is 1. The highest BCUT2D eigenvalue weighted by Gasteiger charge is 2.31. The highest BCUT2D eigenvalue weighted by atomic mass is 16.4. The van der Waals surface area contributed by atoms with Crippen molar-refractivity contribution in [3.05, 3.63) is 54.2 Å². The Balaban J connectivity index is 1.74. The second kappa shape index (κ2) is 15.2. The molecule has 3 rings (SSSR count). The zero-order chi connectivity index (χ0) is 30.6. The first-order valence-corrected chi connectivity index (χ1v) is 13.2. The number of guanidine groups is 1. The number of benzene rings is 1. The molecule has 3 aromatic rings. The lowest BCUT2D eigenvalue weighted by Gasteiger charge is -2.24. The normalized spacial score (nSPS) is 13.9. The molecule has 2 heterocycles. The molecule has 16 heteroatoms. The predicted molar refractivity (Wildman–Crippen MR) is 153 cm³/mol. The first kappa shape index (κ1) is 31.6. The third-order valence-corrected chi connectivity index (χ3v) is 6.45. The number of nitrogens with one attached hydrogen (secondary N) is 5. The van der Waals surface area contributed by atoms with E-state index in [9.17, 15) is 29.4 Å². The molecule has 226 valence electrons. The molecule has 0 spiro atoms. The van der Waals surface area contributed by atoms with Crippen LogP contribution in [-0.2, 0) is 32.0 Å². The van der Waals surface area contributed by atoms with Crippen molar-refractivity contribution in [1.29, 1.82) is 0 Å². The molecule has 2 aromatic heterocycles. The van der Waals surface area contributed by atoms with E-state index < -0.39 is 54.5 Å². The summed E-state index contributed by atoms with van der Waals surface area (Å²) in [4.78, 5) is 64.6. The minimum Gasteiger partial charge on any atom is -0.480 e. The van der Waals surface area contributed by atoms with Crippen LogP contribution < -0.4 is 33.2 Å². The number of H-pyrrole nitrogens is 2. The zero-order valence-corrected chi connectivity index (χ0v) is 22.7. The van der Waals surface area contributed by atoms with Crippen LogP contribution in [0.2, 0.25) is 0 Å². The summed E-state index contributed by atoms with van der Waals surface area (Å²) in [7, 11) is 0. The number of aliphatic imine (C=N–C) groups is 1. The molecule has 13 N–H and O–H groups in total. The lowest BCUT2D eigenvalue weighted by Crippen LogP contribution is -2.58. The summed E-state index contributed by atoms with van der Waals surface area (Å²) in [6.45, 7) is -0.521. The summed E-state index contributed by atoms with van der Waals surface area (Å²) < 4.78 is 0. The Morgan fingerprint density at radius 3 is 2.31 bits per heavy atom. The number of aliphatic hydroxyl groups is 1. The van der Waals surface area contributed by atoms with Gasteiger partial charge >= 0.3 is 5.97 Å². The molecule has 42 heavy (non-hydrogen) atoms. The standard InChI is InChI=1S/C26H36N10O6/c27-17(5-3-7-31-26(28)29)22(38)36-21(12-37)24(40)34-19(8-14-10-32-18-6-2-1-4-16(14)18)23(39)35-20(25(41)42)9-15-11-30-13-33-15/h1-2,4,6,10-11,13,17,19-21,32,37H,3,5,7-9,12,27H2,(H,30,33)(H,34,40)(H,35,39)(H,36,38)(H,41,42)(H4,28,29,31). The van der Waals surface area contributed by atoms with Gasteiger partial charge < -0.3 is 53.3 Å². The fraction of sp³-hybridized carbons (Fsp3) is 0.385. The van der Waals surface area contributed by atoms with Crippen LogP contribution in [0.1, 0.15) is 24.1 Å². The molecule has 0 saturated heterocycles. The average Bonchev–Trinajstić information content (AvgIpc) is 3.62. The predicted octanol–water partition coefficient (Wildman–Crippen LogP) is -2.41. The second-order valence-electron chi connectivity index (χ2n) is 9.60. The van der Waals surface area contributed by atoms with Crippen LogP contribution in [0.5, 0.6) is 0 Å². The van der Waals surface area contributed by atoms with Crippen molar-refractivity contribution in [2.24, 2.45) is 22.2 Å². The van der Waals surface area contributed by atoms with Gasteiger partial charge in [0.05, 0.1) is 19.0 Å². The number of amides is 3. The monoisotopic (exact) mass is 584 g/mol. The number of carboxylic acid groups (broad SMARTS) is 1. The highest BCUT2D eigenvalue weighted by Crippen LogP contribution is 2.19. The maximum absolute atomic E-state index is 13.4. The van der Waals surface area contributed by atoms with E-state index in [0.717, 1.165) is 10.9 Å². The van der Waals surface area contributed by atoms with Crippen LogP contribution in [-0.4, -0.2) is 92.1 Å². The number of aliphatic hydroxyl groups excluding tert-OH is 1. The SMILES string of the molecule is NC(N)=NCCCC(N)C(=O)NC(CO)C(=O)NC(Cc1c[nH]c2ccccc12)C(=O)NC(Cc1cnc[nH]1)C(=O)O. The molecule has 3 amide bonds. The number of aliphatic carboxylic acids is 1. The van der Waals surface area contributed by atoms with Gasteiger partial charge in [-0.25, -0.2) is 9.78 Å². The number of para-hydroxylation sites is 1. The van der Waals surface area contributed by atoms with E-state index in [1.165, 1.54) is 12.5 Å². The Kier molecular flexibility index (Phi) is 11.4. The molecule has 4 unspecified atom stereocenters. The molecule has 16 nitrogen and oxygen atoms in total. The molecule has 4 atom stereocenters. The van der Waals surface area contributed by atoms with Crippen LogP contribution in [0.25, 0.3) is 10.9 Å². The van der Waals surface area contributed by atoms with Crippen molar-refractivity contribution < 1.29 is 29.4 Å². The molecule has 0 radical (unpaired) electrons. The number of rotatable bonds is 16. The van der Waals surface area contributed by atoms with Crippen molar-refractivity contribution >= 4 is 40.6 Å². The van der Waals surface area contributed by atoms with Gasteiger partial charge in [0, 0.05) is 48.4 Å². The number of hydrogen-bond donors (Lipinski definition) is 10. The number of aromatic amines is 2. The number of hydrogen-bond acceptors (Lipinski definition) is 8. The van der Waals surface area contributed by atoms with Gasteiger partial charge in [-0.3, -0.25) is 19.4 Å². The maximum atomic E-state index is 13.4. The maximum Gasteiger partial charge on any atom is 0.326 e. The van der Waals surface area contributed by atoms with E-state index in [2.05, 4.69) is 35.9 Å². The molecule has 1 aromatic carbocycles. The summed E-state index contributed by atoms with van der Waals surface area (Å²) in [6.07, 6.45) is 5.02. The van der Waals surface area contributed by atoms with Crippen molar-refractivity contribution in [1.82, 2.24) is 30.9 Å². The number of carbonyl (C=O) groups is 4. The van der Waals surface area contributed by atoms with Crippen LogP contribution in [0, 0.1) is 0 Å². The largest absolute Gasteiger partial charge is 0.480 e. The summed E-state index contributed by atoms with van der Waals surface area (Å²) in [6, 6.07) is 2.30. The number of imidazole rings is 1. The fourth-order valence-electron chi connectivity index (χ4n) is 4.21. The summed E-state index contributed by atoms with van der Waals surface area (Å²) >= 11 is 0. The van der Waals surface area contributed by atoms with Crippen LogP contribution >= 0.6 is 0 Å². The van der Waals surface area contributed by atoms with E-state index in [1.807, 2.05) is 24.3 Å².